The van der Waals surface area contributed by atoms with Crippen molar-refractivity contribution < 1.29 is 18.0 Å². The summed E-state index contributed by atoms with van der Waals surface area (Å²) in [5, 5.41) is 0. The van der Waals surface area contributed by atoms with Gasteiger partial charge in [-0.25, -0.2) is 18.2 Å². The van der Waals surface area contributed by atoms with Gasteiger partial charge in [0.1, 0.15) is 23.3 Å². The molecule has 1 amide bonds. The number of benzene rings is 3. The van der Waals surface area contributed by atoms with E-state index in [1.54, 1.807) is 30.0 Å². The van der Waals surface area contributed by atoms with E-state index in [1.807, 2.05) is 6.07 Å². The number of likely N-dealkylation sites (tertiary alicyclic amines) is 1. The van der Waals surface area contributed by atoms with Gasteiger partial charge in [0.05, 0.1) is 5.69 Å². The highest BCUT2D eigenvalue weighted by molar-refractivity contribution is 6.09. The second-order valence-corrected chi connectivity index (χ2v) is 10.1. The number of hydrogen-bond donors (Lipinski definition) is 1. The number of carbonyl (C=O) groups excluding carboxylic acids is 1. The number of aliphatic imine (C=N–C) groups is 1. The molecule has 0 spiro atoms. The van der Waals surface area contributed by atoms with Crippen LogP contribution >= 0.6 is 0 Å². The third kappa shape index (κ3) is 4.92. The molecule has 2 aliphatic rings. The molecule has 2 aliphatic heterocycles. The zero-order chi connectivity index (χ0) is 26.9. The van der Waals surface area contributed by atoms with Crippen LogP contribution in [-0.2, 0) is 10.3 Å². The highest BCUT2D eigenvalue weighted by Gasteiger charge is 2.50. The van der Waals surface area contributed by atoms with E-state index in [0.29, 0.717) is 29.4 Å². The zero-order valence-corrected chi connectivity index (χ0v) is 21.3. The maximum absolute atomic E-state index is 14.2. The van der Waals surface area contributed by atoms with Crippen LogP contribution in [-0.4, -0.2) is 47.7 Å². The number of piperidine rings is 1. The van der Waals surface area contributed by atoms with Gasteiger partial charge in [-0.05, 0) is 105 Å². The van der Waals surface area contributed by atoms with Gasteiger partial charge in [0.15, 0.2) is 5.54 Å². The van der Waals surface area contributed by atoms with E-state index in [-0.39, 0.29) is 17.4 Å². The molecule has 1 fully saturated rings. The highest BCUT2D eigenvalue weighted by atomic mass is 19.1. The summed E-state index contributed by atoms with van der Waals surface area (Å²) in [5.41, 5.74) is 6.48. The lowest BCUT2D eigenvalue weighted by Gasteiger charge is -2.33. The van der Waals surface area contributed by atoms with E-state index in [2.05, 4.69) is 4.90 Å². The molecule has 2 heterocycles. The Hall–Kier alpha value is -3.65. The third-order valence-corrected chi connectivity index (χ3v) is 7.71. The molecular formula is C30H31F3N4O. The first-order valence-electron chi connectivity index (χ1n) is 13.0. The van der Waals surface area contributed by atoms with Crippen LogP contribution in [0.3, 0.4) is 0 Å². The number of carbonyl (C=O) groups is 1. The van der Waals surface area contributed by atoms with E-state index < -0.39 is 17.2 Å². The first kappa shape index (κ1) is 26.0. The Morgan fingerprint density at radius 1 is 0.921 bits per heavy atom. The fraction of sp³-hybridized carbons (Fsp3) is 0.333. The van der Waals surface area contributed by atoms with Crippen LogP contribution in [0.1, 0.15) is 48.8 Å². The lowest BCUT2D eigenvalue weighted by atomic mass is 9.82. The molecule has 5 rings (SSSR count). The van der Waals surface area contributed by atoms with Gasteiger partial charge in [0, 0.05) is 6.54 Å². The Morgan fingerprint density at radius 3 is 2.34 bits per heavy atom. The van der Waals surface area contributed by atoms with Crippen molar-refractivity contribution in [2.75, 3.05) is 31.9 Å². The minimum Gasteiger partial charge on any atom is -0.396 e. The topological polar surface area (TPSA) is 61.9 Å². The standard InChI is InChI=1S/C30H31F3N4O/c1-20-35-30(23-7-9-25(31)10-8-23,24-4-2-5-26(32)19-24)29(38)37(20)15-3-14-36-16-12-21(13-17-36)22-6-11-27(33)28(34)18-22/h2,4-11,18-19,21H,3,12-17,34H2,1H3. The SMILES string of the molecule is CC1=NC(c2ccc(F)cc2)(c2cccc(F)c2)C(=O)N1CCCN1CCC(c2ccc(F)c(N)c2)CC1. The molecule has 0 aromatic heterocycles. The molecule has 38 heavy (non-hydrogen) atoms. The van der Waals surface area contributed by atoms with E-state index in [0.717, 1.165) is 44.5 Å². The zero-order valence-electron chi connectivity index (χ0n) is 21.3. The fourth-order valence-corrected chi connectivity index (χ4v) is 5.66. The maximum atomic E-state index is 14.2. The molecule has 3 aromatic carbocycles. The minimum absolute atomic E-state index is 0.187. The lowest BCUT2D eigenvalue weighted by Crippen LogP contribution is -2.43. The Morgan fingerprint density at radius 2 is 1.66 bits per heavy atom. The van der Waals surface area contributed by atoms with E-state index >= 15 is 0 Å². The Labute approximate surface area is 220 Å². The summed E-state index contributed by atoms with van der Waals surface area (Å²) < 4.78 is 41.4. The van der Waals surface area contributed by atoms with Gasteiger partial charge in [-0.2, -0.15) is 0 Å². The van der Waals surface area contributed by atoms with Gasteiger partial charge >= 0.3 is 0 Å². The molecule has 0 bridgehead atoms. The second-order valence-electron chi connectivity index (χ2n) is 10.1. The predicted octanol–water partition coefficient (Wildman–Crippen LogP) is 5.46. The monoisotopic (exact) mass is 520 g/mol. The van der Waals surface area contributed by atoms with Crippen LogP contribution in [0.4, 0.5) is 18.9 Å². The van der Waals surface area contributed by atoms with Crippen molar-refractivity contribution in [1.82, 2.24) is 9.80 Å². The van der Waals surface area contributed by atoms with Crippen molar-refractivity contribution in [3.05, 3.63) is 101 Å². The van der Waals surface area contributed by atoms with Crippen LogP contribution in [0.25, 0.3) is 0 Å². The first-order chi connectivity index (χ1) is 18.3. The van der Waals surface area contributed by atoms with Crippen LogP contribution in [0.15, 0.2) is 71.7 Å². The number of hydrogen-bond acceptors (Lipinski definition) is 4. The first-order valence-corrected chi connectivity index (χ1v) is 13.0. The van der Waals surface area contributed by atoms with Crippen molar-refractivity contribution in [3.8, 4) is 0 Å². The molecule has 8 heteroatoms. The molecule has 198 valence electrons. The summed E-state index contributed by atoms with van der Waals surface area (Å²) in [6.07, 6.45) is 2.66. The number of nitrogen functional groups attached to an aromatic ring is 1. The fourth-order valence-electron chi connectivity index (χ4n) is 5.66. The van der Waals surface area contributed by atoms with Crippen LogP contribution < -0.4 is 5.73 Å². The normalized spacial score (nSPS) is 20.7. The summed E-state index contributed by atoms with van der Waals surface area (Å²) >= 11 is 0. The minimum atomic E-state index is -1.45. The molecule has 1 atom stereocenters. The van der Waals surface area contributed by atoms with Gasteiger partial charge < -0.3 is 10.6 Å². The quantitative estimate of drug-likeness (QED) is 0.421. The lowest BCUT2D eigenvalue weighted by molar-refractivity contribution is -0.130. The van der Waals surface area contributed by atoms with Crippen LogP contribution in [0.5, 0.6) is 0 Å². The average Bonchev–Trinajstić information content (AvgIpc) is 3.17. The van der Waals surface area contributed by atoms with Crippen molar-refractivity contribution >= 4 is 17.4 Å². The van der Waals surface area contributed by atoms with Crippen molar-refractivity contribution in [3.63, 3.8) is 0 Å². The third-order valence-electron chi connectivity index (χ3n) is 7.71. The number of halogens is 3. The Bertz CT molecular complexity index is 1350. The molecule has 5 nitrogen and oxygen atoms in total. The molecule has 1 saturated heterocycles. The van der Waals surface area contributed by atoms with Crippen molar-refractivity contribution in [2.45, 2.75) is 37.6 Å². The molecule has 0 saturated carbocycles. The Kier molecular flexibility index (Phi) is 7.25. The van der Waals surface area contributed by atoms with Gasteiger partial charge in [0.2, 0.25) is 0 Å². The molecule has 0 aliphatic carbocycles. The number of anilines is 1. The largest absolute Gasteiger partial charge is 0.396 e. The molecule has 3 aromatic rings. The van der Waals surface area contributed by atoms with E-state index in [1.165, 1.54) is 42.5 Å². The number of rotatable bonds is 7. The second kappa shape index (κ2) is 10.6. The van der Waals surface area contributed by atoms with E-state index in [9.17, 15) is 18.0 Å². The van der Waals surface area contributed by atoms with Gasteiger partial charge in [-0.3, -0.25) is 9.69 Å². The van der Waals surface area contributed by atoms with Gasteiger partial charge in [-0.1, -0.05) is 30.3 Å². The molecule has 1 unspecified atom stereocenters. The summed E-state index contributed by atoms with van der Waals surface area (Å²) in [6, 6.07) is 16.5. The van der Waals surface area contributed by atoms with Gasteiger partial charge in [0.25, 0.3) is 5.91 Å². The molecule has 0 radical (unpaired) electrons. The van der Waals surface area contributed by atoms with E-state index in [4.69, 9.17) is 10.7 Å². The van der Waals surface area contributed by atoms with Crippen molar-refractivity contribution in [1.29, 1.82) is 0 Å². The number of amidine groups is 1. The average molecular weight is 521 g/mol. The van der Waals surface area contributed by atoms with Gasteiger partial charge in [-0.15, -0.1) is 0 Å². The molecule has 2 N–H and O–H groups in total. The summed E-state index contributed by atoms with van der Waals surface area (Å²) in [7, 11) is 0. The number of amides is 1. The predicted molar refractivity (Wildman–Crippen MR) is 142 cm³/mol. The summed E-state index contributed by atoms with van der Waals surface area (Å²) in [4.78, 5) is 22.7. The van der Waals surface area contributed by atoms with Crippen LogP contribution in [0, 0.1) is 17.5 Å². The van der Waals surface area contributed by atoms with Crippen molar-refractivity contribution in [2.24, 2.45) is 4.99 Å². The summed E-state index contributed by atoms with van der Waals surface area (Å²) in [5.74, 6) is -0.628. The summed E-state index contributed by atoms with van der Waals surface area (Å²) in [6.45, 7) is 4.89. The Balaban J connectivity index is 1.25. The highest BCUT2D eigenvalue weighted by Crippen LogP contribution is 2.40. The smallest absolute Gasteiger partial charge is 0.265 e. The van der Waals surface area contributed by atoms with Crippen LogP contribution in [0.2, 0.25) is 0 Å². The molecular weight excluding hydrogens is 489 g/mol. The maximum Gasteiger partial charge on any atom is 0.265 e. The number of nitrogens with two attached hydrogens (primary N) is 1. The number of nitrogens with zero attached hydrogens (tertiary/aromatic N) is 3.